The first kappa shape index (κ1) is 25.6. The molecule has 2 N–H and O–H groups in total. The average Bonchev–Trinajstić information content (AvgIpc) is 3.55. The average molecular weight is 514 g/mol. The number of furan rings is 1. The van der Waals surface area contributed by atoms with Gasteiger partial charge in [-0.3, -0.25) is 9.59 Å². The number of carbonyl (C=O) groups excluding carboxylic acids is 2. The molecule has 38 heavy (non-hydrogen) atoms. The summed E-state index contributed by atoms with van der Waals surface area (Å²) in [7, 11) is 1.62. The number of fused-ring (bicyclic) bond motifs is 1. The Bertz CT molecular complexity index is 1400. The Morgan fingerprint density at radius 2 is 1.89 bits per heavy atom. The van der Waals surface area contributed by atoms with Gasteiger partial charge in [-0.1, -0.05) is 49.6 Å². The number of hydrogen-bond donors (Lipinski definition) is 2. The van der Waals surface area contributed by atoms with Gasteiger partial charge < -0.3 is 24.4 Å². The van der Waals surface area contributed by atoms with Crippen LogP contribution in [0.3, 0.4) is 0 Å². The highest BCUT2D eigenvalue weighted by Gasteiger charge is 2.35. The molecule has 2 aromatic carbocycles. The monoisotopic (exact) mass is 513 g/mol. The molecule has 0 bridgehead atoms. The fourth-order valence-corrected chi connectivity index (χ4v) is 5.39. The van der Waals surface area contributed by atoms with Gasteiger partial charge in [-0.2, -0.15) is 0 Å². The number of ether oxygens (including phenoxy) is 1. The van der Waals surface area contributed by atoms with Gasteiger partial charge >= 0.3 is 0 Å². The highest BCUT2D eigenvalue weighted by atomic mass is 16.5. The van der Waals surface area contributed by atoms with E-state index < -0.39 is 6.04 Å². The number of hydrogen-bond acceptors (Lipinski definition) is 4. The number of rotatable bonds is 9. The van der Waals surface area contributed by atoms with E-state index in [0.717, 1.165) is 47.7 Å². The van der Waals surface area contributed by atoms with Crippen molar-refractivity contribution < 1.29 is 18.7 Å². The predicted octanol–water partition coefficient (Wildman–Crippen LogP) is 5.84. The normalized spacial score (nSPS) is 14.8. The largest absolute Gasteiger partial charge is 0.497 e. The molecule has 2 amide bonds. The van der Waals surface area contributed by atoms with Gasteiger partial charge in [0.25, 0.3) is 5.91 Å². The van der Waals surface area contributed by atoms with Crippen molar-refractivity contribution in [2.75, 3.05) is 7.11 Å². The summed E-state index contributed by atoms with van der Waals surface area (Å²) < 4.78 is 11.4. The van der Waals surface area contributed by atoms with Crippen LogP contribution in [0.1, 0.15) is 60.8 Å². The van der Waals surface area contributed by atoms with E-state index in [9.17, 15) is 9.59 Å². The van der Waals surface area contributed by atoms with E-state index in [-0.39, 0.29) is 30.8 Å². The second kappa shape index (κ2) is 11.6. The Hall–Kier alpha value is -4.00. The molecular weight excluding hydrogens is 478 g/mol. The lowest BCUT2D eigenvalue weighted by atomic mass is 9.95. The summed E-state index contributed by atoms with van der Waals surface area (Å²) in [6.45, 7) is 2.08. The quantitative estimate of drug-likeness (QED) is 0.294. The zero-order valence-electron chi connectivity index (χ0n) is 22.0. The Labute approximate surface area is 223 Å². The van der Waals surface area contributed by atoms with E-state index >= 15 is 0 Å². The van der Waals surface area contributed by atoms with Crippen LogP contribution in [0, 0.1) is 6.92 Å². The van der Waals surface area contributed by atoms with Crippen molar-refractivity contribution in [2.45, 2.75) is 64.1 Å². The molecule has 0 radical (unpaired) electrons. The van der Waals surface area contributed by atoms with E-state index in [4.69, 9.17) is 9.15 Å². The summed E-state index contributed by atoms with van der Waals surface area (Å²) in [4.78, 5) is 32.9. The van der Waals surface area contributed by atoms with Crippen molar-refractivity contribution in [3.63, 3.8) is 0 Å². The molecule has 2 heterocycles. The summed E-state index contributed by atoms with van der Waals surface area (Å²) in [5, 5.41) is 4.23. The van der Waals surface area contributed by atoms with E-state index in [1.54, 1.807) is 18.1 Å². The summed E-state index contributed by atoms with van der Waals surface area (Å²) in [5.74, 6) is 1.49. The third-order valence-corrected chi connectivity index (χ3v) is 7.37. The van der Waals surface area contributed by atoms with E-state index in [1.165, 1.54) is 6.42 Å². The smallest absolute Gasteiger partial charge is 0.250 e. The minimum atomic E-state index is -0.894. The van der Waals surface area contributed by atoms with Crippen molar-refractivity contribution in [1.82, 2.24) is 15.2 Å². The lowest BCUT2D eigenvalue weighted by Crippen LogP contribution is -2.47. The fourth-order valence-electron chi connectivity index (χ4n) is 5.39. The third-order valence-electron chi connectivity index (χ3n) is 7.37. The Balaban J connectivity index is 1.51. The minimum absolute atomic E-state index is 0.109. The molecule has 2 aromatic heterocycles. The lowest BCUT2D eigenvalue weighted by Gasteiger charge is -2.32. The van der Waals surface area contributed by atoms with Gasteiger partial charge in [0, 0.05) is 29.7 Å². The molecule has 0 spiro atoms. The molecule has 7 nitrogen and oxygen atoms in total. The van der Waals surface area contributed by atoms with Crippen LogP contribution in [0.25, 0.3) is 10.9 Å². The van der Waals surface area contributed by atoms with Crippen LogP contribution < -0.4 is 10.1 Å². The van der Waals surface area contributed by atoms with Gasteiger partial charge in [0.2, 0.25) is 5.91 Å². The molecule has 4 aromatic rings. The number of methoxy groups -OCH3 is 1. The Kier molecular flexibility index (Phi) is 7.82. The second-order valence-electron chi connectivity index (χ2n) is 10.1. The van der Waals surface area contributed by atoms with Crippen molar-refractivity contribution in [3.05, 3.63) is 89.5 Å². The number of benzene rings is 2. The summed E-state index contributed by atoms with van der Waals surface area (Å²) in [5.41, 5.74) is 2.74. The standard InChI is InChI=1S/C31H35N3O4/c1-21-15-16-28(38-21)30(31(36)33-24-10-4-3-5-11-24)34(20-22-9-8-12-25(17-22)37-2)29(35)18-23-19-32-27-14-7-6-13-26(23)27/h6-9,12-17,19,24,30,32H,3-5,10-11,18,20H2,1-2H3,(H,33,36)/t30-/m1/s1. The maximum atomic E-state index is 14.1. The molecule has 198 valence electrons. The fraction of sp³-hybridized carbons (Fsp3) is 0.355. The van der Waals surface area contributed by atoms with Gasteiger partial charge in [-0.15, -0.1) is 0 Å². The van der Waals surface area contributed by atoms with Gasteiger partial charge in [-0.25, -0.2) is 0 Å². The van der Waals surface area contributed by atoms with Crippen LogP contribution in [0.4, 0.5) is 0 Å². The van der Waals surface area contributed by atoms with Crippen LogP contribution in [-0.4, -0.2) is 34.8 Å². The van der Waals surface area contributed by atoms with Gasteiger partial charge in [0.15, 0.2) is 6.04 Å². The van der Waals surface area contributed by atoms with E-state index in [0.29, 0.717) is 17.3 Å². The van der Waals surface area contributed by atoms with Crippen LogP contribution in [0.15, 0.2) is 71.3 Å². The number of aryl methyl sites for hydroxylation is 1. The zero-order chi connectivity index (χ0) is 26.5. The number of para-hydroxylation sites is 1. The van der Waals surface area contributed by atoms with Gasteiger partial charge in [-0.05, 0) is 61.2 Å². The Morgan fingerprint density at radius 1 is 1.08 bits per heavy atom. The first-order valence-electron chi connectivity index (χ1n) is 13.4. The maximum absolute atomic E-state index is 14.1. The van der Waals surface area contributed by atoms with Crippen molar-refractivity contribution in [2.24, 2.45) is 0 Å². The van der Waals surface area contributed by atoms with Crippen LogP contribution in [0.2, 0.25) is 0 Å². The molecule has 7 heteroatoms. The number of nitrogens with one attached hydrogen (secondary N) is 2. The molecule has 5 rings (SSSR count). The summed E-state index contributed by atoms with van der Waals surface area (Å²) in [6.07, 6.45) is 7.33. The summed E-state index contributed by atoms with van der Waals surface area (Å²) in [6, 6.07) is 18.4. The highest BCUT2D eigenvalue weighted by Crippen LogP contribution is 2.29. The molecule has 0 unspecified atom stereocenters. The molecular formula is C31H35N3O4. The van der Waals surface area contributed by atoms with Crippen LogP contribution in [0.5, 0.6) is 5.75 Å². The lowest BCUT2D eigenvalue weighted by molar-refractivity contribution is -0.142. The minimum Gasteiger partial charge on any atom is -0.497 e. The maximum Gasteiger partial charge on any atom is 0.250 e. The molecule has 1 fully saturated rings. The predicted molar refractivity (Wildman–Crippen MR) is 147 cm³/mol. The topological polar surface area (TPSA) is 87.6 Å². The molecule has 1 atom stereocenters. The number of H-pyrrole nitrogens is 1. The molecule has 0 aliphatic heterocycles. The van der Waals surface area contributed by atoms with Crippen LogP contribution >= 0.6 is 0 Å². The van der Waals surface area contributed by atoms with Gasteiger partial charge in [0.1, 0.15) is 17.3 Å². The first-order valence-corrected chi connectivity index (χ1v) is 13.4. The Morgan fingerprint density at radius 3 is 2.66 bits per heavy atom. The zero-order valence-corrected chi connectivity index (χ0v) is 22.0. The van der Waals surface area contributed by atoms with Crippen LogP contribution in [-0.2, 0) is 22.6 Å². The van der Waals surface area contributed by atoms with Crippen molar-refractivity contribution in [3.8, 4) is 5.75 Å². The highest BCUT2D eigenvalue weighted by molar-refractivity contribution is 5.92. The molecule has 1 aliphatic rings. The number of aromatic amines is 1. The molecule has 1 saturated carbocycles. The second-order valence-corrected chi connectivity index (χ2v) is 10.1. The number of nitrogens with zero attached hydrogens (tertiary/aromatic N) is 1. The first-order chi connectivity index (χ1) is 18.5. The SMILES string of the molecule is COc1cccc(CN(C(=O)Cc2c[nH]c3ccccc23)[C@@H](C(=O)NC2CCCCC2)c2ccc(C)o2)c1. The number of carbonyl (C=O) groups is 2. The summed E-state index contributed by atoms with van der Waals surface area (Å²) >= 11 is 0. The molecule has 1 aliphatic carbocycles. The van der Waals surface area contributed by atoms with E-state index in [1.807, 2.05) is 67.7 Å². The van der Waals surface area contributed by atoms with E-state index in [2.05, 4.69) is 10.3 Å². The van der Waals surface area contributed by atoms with Gasteiger partial charge in [0.05, 0.1) is 13.5 Å². The third kappa shape index (κ3) is 5.77. The van der Waals surface area contributed by atoms with Crippen molar-refractivity contribution in [1.29, 1.82) is 0 Å². The number of aromatic nitrogens is 1. The number of amides is 2. The van der Waals surface area contributed by atoms with Crippen molar-refractivity contribution >= 4 is 22.7 Å². The molecule has 0 saturated heterocycles.